The predicted octanol–water partition coefficient (Wildman–Crippen LogP) is 0.838. The summed E-state index contributed by atoms with van der Waals surface area (Å²) in [7, 11) is 1.57. The van der Waals surface area contributed by atoms with Gasteiger partial charge in [-0.25, -0.2) is 0 Å². The van der Waals surface area contributed by atoms with Gasteiger partial charge in [-0.05, 0) is 25.7 Å². The molecule has 0 radical (unpaired) electrons. The molecule has 6 nitrogen and oxygen atoms in total. The number of hydrogen-bond acceptors (Lipinski definition) is 5. The third-order valence-corrected chi connectivity index (χ3v) is 4.93. The van der Waals surface area contributed by atoms with Crippen molar-refractivity contribution in [3.63, 3.8) is 0 Å². The summed E-state index contributed by atoms with van der Waals surface area (Å²) >= 11 is 0. The number of carboxylic acids is 1. The summed E-state index contributed by atoms with van der Waals surface area (Å²) in [5, 5.41) is 20.0. The Hall–Kier alpha value is -1.40. The van der Waals surface area contributed by atoms with E-state index in [2.05, 4.69) is 0 Å². The van der Waals surface area contributed by atoms with Crippen LogP contribution in [0.1, 0.15) is 32.1 Å². The molecule has 0 aromatic heterocycles. The first-order chi connectivity index (χ1) is 9.44. The van der Waals surface area contributed by atoms with Crippen molar-refractivity contribution in [2.24, 2.45) is 11.3 Å². The van der Waals surface area contributed by atoms with Crippen LogP contribution in [0.3, 0.4) is 0 Å². The molecule has 20 heavy (non-hydrogen) atoms. The van der Waals surface area contributed by atoms with E-state index in [-0.39, 0.29) is 18.4 Å². The van der Waals surface area contributed by atoms with Gasteiger partial charge < -0.3 is 19.7 Å². The molecule has 1 saturated carbocycles. The topological polar surface area (TPSA) is 93.1 Å². The average molecular weight is 282 g/mol. The van der Waals surface area contributed by atoms with Gasteiger partial charge in [-0.15, -0.1) is 0 Å². The molecule has 6 heteroatoms. The summed E-state index contributed by atoms with van der Waals surface area (Å²) < 4.78 is 10.7. The van der Waals surface area contributed by atoms with Crippen molar-refractivity contribution in [1.82, 2.24) is 0 Å². The number of ether oxygens (including phenoxy) is 2. The van der Waals surface area contributed by atoms with Crippen molar-refractivity contribution in [1.29, 1.82) is 0 Å². The molecule has 3 rings (SSSR count). The zero-order valence-corrected chi connectivity index (χ0v) is 11.3. The van der Waals surface area contributed by atoms with Gasteiger partial charge in [0.05, 0.1) is 18.4 Å². The zero-order chi connectivity index (χ0) is 14.5. The number of rotatable bonds is 3. The van der Waals surface area contributed by atoms with E-state index < -0.39 is 23.1 Å². The normalized spacial score (nSPS) is 42.7. The van der Waals surface area contributed by atoms with Crippen molar-refractivity contribution in [3.05, 3.63) is 11.6 Å². The lowest BCUT2D eigenvalue weighted by molar-refractivity contribution is -0.218. The Balaban J connectivity index is 2.13. The maximum atomic E-state index is 12.3. The second-order valence-electron chi connectivity index (χ2n) is 5.85. The third kappa shape index (κ3) is 1.58. The lowest BCUT2D eigenvalue weighted by Crippen LogP contribution is -2.47. The molecule has 0 aromatic rings. The fourth-order valence-corrected chi connectivity index (χ4v) is 4.03. The Morgan fingerprint density at radius 1 is 1.55 bits per heavy atom. The van der Waals surface area contributed by atoms with Gasteiger partial charge in [0.2, 0.25) is 5.79 Å². The number of aliphatic carboxylic acids is 1. The maximum absolute atomic E-state index is 12.3. The van der Waals surface area contributed by atoms with E-state index >= 15 is 0 Å². The van der Waals surface area contributed by atoms with Gasteiger partial charge >= 0.3 is 11.9 Å². The molecule has 110 valence electrons. The highest BCUT2D eigenvalue weighted by molar-refractivity contribution is 5.90. The molecule has 1 aliphatic heterocycles. The van der Waals surface area contributed by atoms with E-state index in [1.807, 2.05) is 0 Å². The van der Waals surface area contributed by atoms with Crippen LogP contribution in [0.2, 0.25) is 0 Å². The highest BCUT2D eigenvalue weighted by atomic mass is 16.7. The average Bonchev–Trinajstić information content (AvgIpc) is 2.58. The summed E-state index contributed by atoms with van der Waals surface area (Å²) in [6, 6.07) is 0. The molecule has 4 atom stereocenters. The van der Waals surface area contributed by atoms with E-state index in [0.29, 0.717) is 31.3 Å². The van der Waals surface area contributed by atoms with Crippen LogP contribution >= 0.6 is 0 Å². The van der Waals surface area contributed by atoms with Gasteiger partial charge in [0.1, 0.15) is 5.41 Å². The summed E-state index contributed by atoms with van der Waals surface area (Å²) in [6.07, 6.45) is 3.44. The second-order valence-corrected chi connectivity index (χ2v) is 5.85. The number of carboxylic acid groups (broad SMARTS) is 1. The highest BCUT2D eigenvalue weighted by Gasteiger charge is 2.67. The molecular formula is C14H18O6. The molecule has 0 spiro atoms. The molecule has 0 amide bonds. The van der Waals surface area contributed by atoms with Crippen LogP contribution in [-0.2, 0) is 19.1 Å². The minimum atomic E-state index is -1.69. The number of aliphatic hydroxyl groups is 1. The monoisotopic (exact) mass is 282 g/mol. The Kier molecular flexibility index (Phi) is 2.92. The van der Waals surface area contributed by atoms with Gasteiger partial charge in [0.25, 0.3) is 0 Å². The van der Waals surface area contributed by atoms with E-state index in [1.54, 1.807) is 13.2 Å². The third-order valence-electron chi connectivity index (χ3n) is 4.93. The Morgan fingerprint density at radius 3 is 2.95 bits per heavy atom. The highest BCUT2D eigenvalue weighted by Crippen LogP contribution is 2.59. The van der Waals surface area contributed by atoms with Crippen LogP contribution in [0, 0.1) is 11.3 Å². The first-order valence-corrected chi connectivity index (χ1v) is 6.85. The Morgan fingerprint density at radius 2 is 2.30 bits per heavy atom. The lowest BCUT2D eigenvalue weighted by Gasteiger charge is -2.38. The van der Waals surface area contributed by atoms with Crippen LogP contribution in [0.25, 0.3) is 0 Å². The molecule has 3 aliphatic rings. The van der Waals surface area contributed by atoms with Crippen LogP contribution < -0.4 is 0 Å². The summed E-state index contributed by atoms with van der Waals surface area (Å²) in [6.45, 7) is 0. The smallest absolute Gasteiger partial charge is 0.319 e. The lowest BCUT2D eigenvalue weighted by atomic mass is 9.70. The Bertz CT molecular complexity index is 498. The quantitative estimate of drug-likeness (QED) is 0.588. The summed E-state index contributed by atoms with van der Waals surface area (Å²) in [4.78, 5) is 23.5. The van der Waals surface area contributed by atoms with E-state index in [1.165, 1.54) is 0 Å². The standard InChI is InChI=1S/C14H18O6/c1-19-9-5-6-13(7-11(15)16)10-4-2-3-8(9)14(10,18)20-12(13)17/h4,8-9,18H,2-3,5-7H2,1H3,(H,15,16)/t8-,9+,13+,14+/m1/s1. The fourth-order valence-electron chi connectivity index (χ4n) is 4.03. The van der Waals surface area contributed by atoms with Crippen molar-refractivity contribution in [2.45, 2.75) is 44.0 Å². The number of esters is 1. The minimum Gasteiger partial charge on any atom is -0.481 e. The first-order valence-electron chi connectivity index (χ1n) is 6.85. The van der Waals surface area contributed by atoms with Gasteiger partial charge in [-0.1, -0.05) is 6.08 Å². The summed E-state index contributed by atoms with van der Waals surface area (Å²) in [5.74, 6) is -3.70. The number of carbonyl (C=O) groups is 2. The number of hydrogen-bond donors (Lipinski definition) is 2. The van der Waals surface area contributed by atoms with Crippen LogP contribution in [0.5, 0.6) is 0 Å². The molecule has 2 N–H and O–H groups in total. The van der Waals surface area contributed by atoms with Gasteiger partial charge in [-0.3, -0.25) is 9.59 Å². The number of carbonyl (C=O) groups excluding carboxylic acids is 1. The molecule has 0 aromatic carbocycles. The number of allylic oxidation sites excluding steroid dienone is 1. The van der Waals surface area contributed by atoms with Gasteiger partial charge in [0.15, 0.2) is 0 Å². The van der Waals surface area contributed by atoms with E-state index in [0.717, 1.165) is 0 Å². The van der Waals surface area contributed by atoms with Crippen molar-refractivity contribution in [3.8, 4) is 0 Å². The Labute approximate surface area is 116 Å². The van der Waals surface area contributed by atoms with Crippen LogP contribution in [0.15, 0.2) is 11.6 Å². The molecule has 4 bridgehead atoms. The van der Waals surface area contributed by atoms with Crippen LogP contribution in [0.4, 0.5) is 0 Å². The predicted molar refractivity (Wildman–Crippen MR) is 66.6 cm³/mol. The molecule has 2 fully saturated rings. The van der Waals surface area contributed by atoms with E-state index in [9.17, 15) is 14.7 Å². The summed E-state index contributed by atoms with van der Waals surface area (Å²) in [5.41, 5.74) is -0.791. The van der Waals surface area contributed by atoms with Gasteiger partial charge in [-0.2, -0.15) is 0 Å². The van der Waals surface area contributed by atoms with Gasteiger partial charge in [0, 0.05) is 12.7 Å². The maximum Gasteiger partial charge on any atom is 0.319 e. The zero-order valence-electron chi connectivity index (χ0n) is 11.3. The first kappa shape index (κ1) is 13.6. The van der Waals surface area contributed by atoms with Crippen molar-refractivity contribution >= 4 is 11.9 Å². The number of methoxy groups -OCH3 is 1. The van der Waals surface area contributed by atoms with Crippen molar-refractivity contribution < 1.29 is 29.3 Å². The molecule has 2 aliphatic carbocycles. The van der Waals surface area contributed by atoms with Crippen molar-refractivity contribution in [2.75, 3.05) is 7.11 Å². The SMILES string of the molecule is CO[C@H]1CC[C@@]2(CC(=O)O)C(=O)O[C@]3(O)C2=CCC[C@H]13. The molecule has 1 saturated heterocycles. The molecular weight excluding hydrogens is 264 g/mol. The molecule has 0 unspecified atom stereocenters. The van der Waals surface area contributed by atoms with Crippen LogP contribution in [-0.4, -0.2) is 41.2 Å². The largest absolute Gasteiger partial charge is 0.481 e. The second kappa shape index (κ2) is 4.30. The fraction of sp³-hybridized carbons (Fsp3) is 0.714. The minimum absolute atomic E-state index is 0.229. The molecule has 1 heterocycles. The van der Waals surface area contributed by atoms with E-state index in [4.69, 9.17) is 14.6 Å².